The summed E-state index contributed by atoms with van der Waals surface area (Å²) in [6.45, 7) is 0. The molecule has 1 rings (SSSR count). The van der Waals surface area contributed by atoms with Gasteiger partial charge in [0.2, 0.25) is 3.70 Å². The van der Waals surface area contributed by atoms with Crippen LogP contribution in [-0.2, 0) is 7.05 Å². The van der Waals surface area contributed by atoms with Gasteiger partial charge in [0.25, 0.3) is 0 Å². The summed E-state index contributed by atoms with van der Waals surface area (Å²) in [4.78, 5) is 0. The first-order chi connectivity index (χ1) is 3.80. The smallest absolute Gasteiger partial charge is 0.240 e. The highest BCUT2D eigenvalue weighted by molar-refractivity contribution is 14.1. The summed E-state index contributed by atoms with van der Waals surface area (Å²) in [7, 11) is 2.03. The van der Waals surface area contributed by atoms with E-state index in [1.807, 2.05) is 25.4 Å². The van der Waals surface area contributed by atoms with Crippen molar-refractivity contribution in [1.82, 2.24) is 0 Å². The van der Waals surface area contributed by atoms with E-state index in [1.54, 1.807) is 0 Å². The standard InChI is InChI=1S/C6H7IN.HI/c1-8-5-3-2-4-6(8)7;/h2-5H,1H3;1H/q+1;/p-1. The second-order valence-electron chi connectivity index (χ2n) is 1.63. The number of hydrogen-bond acceptors (Lipinski definition) is 0. The first-order valence-corrected chi connectivity index (χ1v) is 3.49. The van der Waals surface area contributed by atoms with Crippen LogP contribution in [0.4, 0.5) is 0 Å². The van der Waals surface area contributed by atoms with E-state index >= 15 is 0 Å². The van der Waals surface area contributed by atoms with Crippen molar-refractivity contribution in [3.8, 4) is 0 Å². The Hall–Kier alpha value is 0.610. The third-order valence-electron chi connectivity index (χ3n) is 0.991. The van der Waals surface area contributed by atoms with Gasteiger partial charge in [-0.05, 0) is 6.07 Å². The Morgan fingerprint density at radius 3 is 2.44 bits per heavy atom. The SMILES string of the molecule is C[n+]1ccccc1I.[I-]. The molecule has 0 aliphatic carbocycles. The number of rotatable bonds is 0. The average Bonchev–Trinajstić information content (AvgIpc) is 1.77. The minimum Gasteiger partial charge on any atom is -1.00 e. The van der Waals surface area contributed by atoms with Gasteiger partial charge in [0.1, 0.15) is 7.05 Å². The molecule has 0 unspecified atom stereocenters. The molecule has 50 valence electrons. The van der Waals surface area contributed by atoms with Gasteiger partial charge in [0, 0.05) is 34.7 Å². The average molecular weight is 347 g/mol. The first kappa shape index (κ1) is 9.61. The van der Waals surface area contributed by atoms with Gasteiger partial charge in [-0.2, -0.15) is 4.57 Å². The highest BCUT2D eigenvalue weighted by Crippen LogP contribution is 1.92. The predicted octanol–water partition coefficient (Wildman–Crippen LogP) is -1.88. The molecule has 0 spiro atoms. The van der Waals surface area contributed by atoms with Crippen LogP contribution in [0.25, 0.3) is 0 Å². The minimum atomic E-state index is 0. The lowest BCUT2D eigenvalue weighted by molar-refractivity contribution is -0.684. The van der Waals surface area contributed by atoms with Crippen LogP contribution in [0.15, 0.2) is 24.4 Å². The summed E-state index contributed by atoms with van der Waals surface area (Å²) < 4.78 is 3.32. The van der Waals surface area contributed by atoms with E-state index in [0.29, 0.717) is 0 Å². The summed E-state index contributed by atoms with van der Waals surface area (Å²) >= 11 is 2.29. The van der Waals surface area contributed by atoms with Crippen LogP contribution in [0.2, 0.25) is 0 Å². The maximum absolute atomic E-state index is 2.29. The summed E-state index contributed by atoms with van der Waals surface area (Å²) in [6, 6.07) is 6.12. The monoisotopic (exact) mass is 347 g/mol. The maximum Gasteiger partial charge on any atom is 0.240 e. The van der Waals surface area contributed by atoms with Crippen LogP contribution in [-0.4, -0.2) is 0 Å². The Bertz CT molecular complexity index is 167. The van der Waals surface area contributed by atoms with Crippen LogP contribution in [0.3, 0.4) is 0 Å². The zero-order valence-corrected chi connectivity index (χ0v) is 9.33. The fraction of sp³-hybridized carbons (Fsp3) is 0.167. The van der Waals surface area contributed by atoms with Crippen LogP contribution in [0.5, 0.6) is 0 Å². The molecule has 0 radical (unpaired) electrons. The lowest BCUT2D eigenvalue weighted by Crippen LogP contribution is -3.00. The second-order valence-corrected chi connectivity index (χ2v) is 2.74. The number of hydrogen-bond donors (Lipinski definition) is 0. The van der Waals surface area contributed by atoms with Gasteiger partial charge in [-0.25, -0.2) is 0 Å². The van der Waals surface area contributed by atoms with Gasteiger partial charge in [0.05, 0.1) is 0 Å². The molecule has 1 nitrogen and oxygen atoms in total. The lowest BCUT2D eigenvalue weighted by Gasteiger charge is -1.85. The predicted molar refractivity (Wildman–Crippen MR) is 40.3 cm³/mol. The first-order valence-electron chi connectivity index (χ1n) is 2.41. The van der Waals surface area contributed by atoms with Crippen molar-refractivity contribution >= 4 is 22.6 Å². The van der Waals surface area contributed by atoms with E-state index in [4.69, 9.17) is 0 Å². The molecule has 0 fully saturated rings. The quantitative estimate of drug-likeness (QED) is 0.294. The number of pyridine rings is 1. The van der Waals surface area contributed by atoms with Crippen LogP contribution >= 0.6 is 22.6 Å². The minimum absolute atomic E-state index is 0. The van der Waals surface area contributed by atoms with Crippen LogP contribution < -0.4 is 28.5 Å². The second kappa shape index (κ2) is 4.43. The summed E-state index contributed by atoms with van der Waals surface area (Å²) in [5.41, 5.74) is 0. The molecule has 0 amide bonds. The molecule has 0 atom stereocenters. The van der Waals surface area contributed by atoms with Crippen molar-refractivity contribution in [3.05, 3.63) is 28.1 Å². The molecule has 0 saturated carbocycles. The molecular weight excluding hydrogens is 340 g/mol. The van der Waals surface area contributed by atoms with Gasteiger partial charge < -0.3 is 24.0 Å². The van der Waals surface area contributed by atoms with E-state index in [9.17, 15) is 0 Å². The molecule has 0 aliphatic rings. The van der Waals surface area contributed by atoms with Gasteiger partial charge in [0.15, 0.2) is 6.20 Å². The molecule has 1 aromatic heterocycles. The molecule has 0 aromatic carbocycles. The Labute approximate surface area is 85.6 Å². The Balaban J connectivity index is 0.000000640. The van der Waals surface area contributed by atoms with E-state index in [1.165, 1.54) is 3.70 Å². The third-order valence-corrected chi connectivity index (χ3v) is 2.11. The van der Waals surface area contributed by atoms with E-state index in [2.05, 4.69) is 33.2 Å². The normalized spacial score (nSPS) is 8.22. The van der Waals surface area contributed by atoms with Crippen molar-refractivity contribution in [2.24, 2.45) is 7.05 Å². The Kier molecular flexibility index (Phi) is 4.73. The van der Waals surface area contributed by atoms with Crippen LogP contribution in [0.1, 0.15) is 0 Å². The molecule has 0 N–H and O–H groups in total. The number of halogens is 2. The van der Waals surface area contributed by atoms with E-state index in [-0.39, 0.29) is 24.0 Å². The number of aryl methyl sites for hydroxylation is 1. The zero-order chi connectivity index (χ0) is 5.98. The fourth-order valence-corrected chi connectivity index (χ4v) is 0.871. The molecule has 3 heteroatoms. The zero-order valence-electron chi connectivity index (χ0n) is 5.01. The third kappa shape index (κ3) is 2.79. The maximum atomic E-state index is 2.29. The lowest BCUT2D eigenvalue weighted by atomic mass is 10.5. The molecule has 0 saturated heterocycles. The topological polar surface area (TPSA) is 3.88 Å². The van der Waals surface area contributed by atoms with Crippen molar-refractivity contribution in [2.45, 2.75) is 0 Å². The van der Waals surface area contributed by atoms with Crippen molar-refractivity contribution in [3.63, 3.8) is 0 Å². The molecular formula is C6H7I2N. The Morgan fingerprint density at radius 2 is 2.11 bits per heavy atom. The van der Waals surface area contributed by atoms with E-state index < -0.39 is 0 Å². The van der Waals surface area contributed by atoms with Gasteiger partial charge in [-0.15, -0.1) is 0 Å². The highest BCUT2D eigenvalue weighted by atomic mass is 127. The molecule has 1 heterocycles. The summed E-state index contributed by atoms with van der Waals surface area (Å²) in [5.74, 6) is 0. The fourth-order valence-electron chi connectivity index (χ4n) is 0.503. The van der Waals surface area contributed by atoms with Gasteiger partial charge in [-0.3, -0.25) is 0 Å². The van der Waals surface area contributed by atoms with Gasteiger partial charge in [-0.1, -0.05) is 0 Å². The van der Waals surface area contributed by atoms with Crippen molar-refractivity contribution in [2.75, 3.05) is 0 Å². The Morgan fingerprint density at radius 1 is 1.44 bits per heavy atom. The van der Waals surface area contributed by atoms with Gasteiger partial charge >= 0.3 is 0 Å². The molecule has 1 aromatic rings. The van der Waals surface area contributed by atoms with Crippen LogP contribution in [0, 0.1) is 3.70 Å². The molecule has 9 heavy (non-hydrogen) atoms. The van der Waals surface area contributed by atoms with Crippen molar-refractivity contribution < 1.29 is 28.5 Å². The number of nitrogens with zero attached hydrogens (tertiary/aromatic N) is 1. The summed E-state index contributed by atoms with van der Waals surface area (Å²) in [6.07, 6.45) is 2.03. The molecule has 0 aliphatic heterocycles. The largest absolute Gasteiger partial charge is 1.00 e. The highest BCUT2D eigenvalue weighted by Gasteiger charge is 1.94. The molecule has 0 bridgehead atoms. The number of aromatic nitrogens is 1. The summed E-state index contributed by atoms with van der Waals surface area (Å²) in [5, 5.41) is 0. The van der Waals surface area contributed by atoms with Crippen molar-refractivity contribution in [1.29, 1.82) is 0 Å². The van der Waals surface area contributed by atoms with E-state index in [0.717, 1.165) is 0 Å².